The minimum absolute atomic E-state index is 0.0207. The van der Waals surface area contributed by atoms with Crippen molar-refractivity contribution < 1.29 is 19.4 Å². The molecule has 0 saturated carbocycles. The number of phenolic OH excluding ortho intramolecular Hbond substituents is 1. The Kier molecular flexibility index (Phi) is 3.17. The average Bonchev–Trinajstić information content (AvgIpc) is 2.43. The summed E-state index contributed by atoms with van der Waals surface area (Å²) in [5.41, 5.74) is 0.504. The second kappa shape index (κ2) is 4.77. The van der Waals surface area contributed by atoms with Crippen molar-refractivity contribution >= 4 is 11.0 Å². The molecule has 0 amide bonds. The van der Waals surface area contributed by atoms with E-state index in [-0.39, 0.29) is 28.4 Å². The maximum Gasteiger partial charge on any atom is 0.200 e. The maximum absolute atomic E-state index is 12.7. The first-order valence-corrected chi connectivity index (χ1v) is 6.98. The topological polar surface area (TPSA) is 79.9 Å². The smallest absolute Gasteiger partial charge is 0.200 e. The third kappa shape index (κ3) is 2.00. The van der Waals surface area contributed by atoms with Crippen LogP contribution < -0.4 is 10.2 Å². The molecule has 1 aromatic heterocycles. The summed E-state index contributed by atoms with van der Waals surface area (Å²) in [5.74, 6) is 0.560. The number of phenols is 1. The molecule has 5 nitrogen and oxygen atoms in total. The van der Waals surface area contributed by atoms with Crippen molar-refractivity contribution in [2.45, 2.75) is 32.3 Å². The summed E-state index contributed by atoms with van der Waals surface area (Å²) in [6, 6.07) is 2.98. The van der Waals surface area contributed by atoms with Gasteiger partial charge in [0.15, 0.2) is 5.43 Å². The van der Waals surface area contributed by atoms with Crippen LogP contribution in [0.3, 0.4) is 0 Å². The standard InChI is InChI=1S/C16H18O5/c1-7-4-11-13(8(2)15(7)18)16(19)14-10(17)5-9(20-3)6-12(14)21-11/h5-8,15,17-18H,4H2,1-3H3. The Hall–Kier alpha value is -2.01. The van der Waals surface area contributed by atoms with Crippen molar-refractivity contribution in [3.8, 4) is 11.5 Å². The minimum atomic E-state index is -0.585. The lowest BCUT2D eigenvalue weighted by atomic mass is 9.78. The molecule has 0 spiro atoms. The van der Waals surface area contributed by atoms with E-state index < -0.39 is 6.10 Å². The van der Waals surface area contributed by atoms with Crippen LogP contribution in [0.2, 0.25) is 0 Å². The summed E-state index contributed by atoms with van der Waals surface area (Å²) < 4.78 is 10.9. The highest BCUT2D eigenvalue weighted by Gasteiger charge is 2.35. The molecule has 112 valence electrons. The quantitative estimate of drug-likeness (QED) is 0.841. The van der Waals surface area contributed by atoms with E-state index in [2.05, 4.69) is 0 Å². The van der Waals surface area contributed by atoms with E-state index in [1.54, 1.807) is 6.07 Å². The fourth-order valence-corrected chi connectivity index (χ4v) is 3.14. The van der Waals surface area contributed by atoms with Gasteiger partial charge < -0.3 is 19.4 Å². The molecular formula is C16H18O5. The van der Waals surface area contributed by atoms with Crippen molar-refractivity contribution in [3.05, 3.63) is 33.7 Å². The zero-order valence-corrected chi connectivity index (χ0v) is 12.2. The van der Waals surface area contributed by atoms with Crippen molar-refractivity contribution in [1.29, 1.82) is 0 Å². The average molecular weight is 290 g/mol. The predicted molar refractivity (Wildman–Crippen MR) is 78.0 cm³/mol. The number of hydrogen-bond donors (Lipinski definition) is 2. The Balaban J connectivity index is 2.35. The minimum Gasteiger partial charge on any atom is -0.507 e. The number of aromatic hydroxyl groups is 1. The molecule has 1 aromatic carbocycles. The fourth-order valence-electron chi connectivity index (χ4n) is 3.14. The SMILES string of the molecule is COc1cc(O)c2c(=O)c3c(oc2c1)CC(C)C(O)C3C. The molecule has 2 aromatic rings. The zero-order valence-electron chi connectivity index (χ0n) is 12.2. The van der Waals surface area contributed by atoms with Gasteiger partial charge in [-0.15, -0.1) is 0 Å². The van der Waals surface area contributed by atoms with Gasteiger partial charge in [-0.25, -0.2) is 0 Å². The van der Waals surface area contributed by atoms with Gasteiger partial charge in [0.25, 0.3) is 0 Å². The highest BCUT2D eigenvalue weighted by molar-refractivity contribution is 5.85. The zero-order chi connectivity index (χ0) is 15.3. The van der Waals surface area contributed by atoms with Gasteiger partial charge in [0.1, 0.15) is 28.2 Å². The van der Waals surface area contributed by atoms with Gasteiger partial charge in [-0.05, 0) is 5.92 Å². The summed E-state index contributed by atoms with van der Waals surface area (Å²) in [6.45, 7) is 3.74. The molecule has 21 heavy (non-hydrogen) atoms. The second-order valence-electron chi connectivity index (χ2n) is 5.75. The van der Waals surface area contributed by atoms with E-state index in [0.29, 0.717) is 29.1 Å². The molecule has 0 fully saturated rings. The molecule has 3 rings (SSSR count). The number of aliphatic hydroxyl groups excluding tert-OH is 1. The normalized spacial score (nSPS) is 24.9. The Labute approximate surface area is 121 Å². The predicted octanol–water partition coefficient (Wildman–Crippen LogP) is 2.16. The molecule has 0 radical (unpaired) electrons. The molecule has 2 N–H and O–H groups in total. The lowest BCUT2D eigenvalue weighted by molar-refractivity contribution is 0.0790. The van der Waals surface area contributed by atoms with Gasteiger partial charge in [0.05, 0.1) is 13.2 Å². The van der Waals surface area contributed by atoms with Gasteiger partial charge in [-0.1, -0.05) is 13.8 Å². The van der Waals surface area contributed by atoms with Crippen LogP contribution in [0.5, 0.6) is 11.5 Å². The highest BCUT2D eigenvalue weighted by Crippen LogP contribution is 2.37. The summed E-state index contributed by atoms with van der Waals surface area (Å²) in [7, 11) is 1.48. The van der Waals surface area contributed by atoms with Crippen LogP contribution in [0.4, 0.5) is 0 Å². The van der Waals surface area contributed by atoms with E-state index >= 15 is 0 Å². The van der Waals surface area contributed by atoms with Crippen molar-refractivity contribution in [2.24, 2.45) is 5.92 Å². The van der Waals surface area contributed by atoms with Crippen LogP contribution in [0.15, 0.2) is 21.3 Å². The first-order valence-electron chi connectivity index (χ1n) is 6.98. The molecule has 3 unspecified atom stereocenters. The summed E-state index contributed by atoms with van der Waals surface area (Å²) >= 11 is 0. The molecule has 5 heteroatoms. The second-order valence-corrected chi connectivity index (χ2v) is 5.75. The number of aliphatic hydroxyl groups is 1. The lowest BCUT2D eigenvalue weighted by Crippen LogP contribution is -2.35. The molecule has 1 aliphatic carbocycles. The number of benzene rings is 1. The summed E-state index contributed by atoms with van der Waals surface area (Å²) in [6.07, 6.45) is -0.0810. The largest absolute Gasteiger partial charge is 0.507 e. The van der Waals surface area contributed by atoms with Crippen molar-refractivity contribution in [1.82, 2.24) is 0 Å². The molecule has 1 heterocycles. The Morgan fingerprint density at radius 3 is 2.71 bits per heavy atom. The van der Waals surface area contributed by atoms with Crippen LogP contribution >= 0.6 is 0 Å². The molecule has 3 atom stereocenters. The Morgan fingerprint density at radius 2 is 2.05 bits per heavy atom. The third-order valence-corrected chi connectivity index (χ3v) is 4.35. The first kappa shape index (κ1) is 13.9. The van der Waals surface area contributed by atoms with E-state index in [1.165, 1.54) is 13.2 Å². The molecule has 1 aliphatic rings. The van der Waals surface area contributed by atoms with Crippen molar-refractivity contribution in [3.63, 3.8) is 0 Å². The molecule has 0 saturated heterocycles. The molecule has 0 bridgehead atoms. The number of fused-ring (bicyclic) bond motifs is 2. The Morgan fingerprint density at radius 1 is 1.33 bits per heavy atom. The summed E-state index contributed by atoms with van der Waals surface area (Å²) in [5, 5.41) is 20.4. The fraction of sp³-hybridized carbons (Fsp3) is 0.438. The number of ether oxygens (including phenoxy) is 1. The van der Waals surface area contributed by atoms with Gasteiger partial charge in [0, 0.05) is 30.0 Å². The van der Waals surface area contributed by atoms with E-state index in [9.17, 15) is 15.0 Å². The first-order chi connectivity index (χ1) is 9.93. The van der Waals surface area contributed by atoms with Gasteiger partial charge in [-0.2, -0.15) is 0 Å². The summed E-state index contributed by atoms with van der Waals surface area (Å²) in [4.78, 5) is 12.7. The number of hydrogen-bond acceptors (Lipinski definition) is 5. The van der Waals surface area contributed by atoms with Crippen LogP contribution in [0.1, 0.15) is 31.1 Å². The molecular weight excluding hydrogens is 272 g/mol. The number of rotatable bonds is 1. The van der Waals surface area contributed by atoms with E-state index in [0.717, 1.165) is 0 Å². The number of methoxy groups -OCH3 is 1. The van der Waals surface area contributed by atoms with Crippen LogP contribution in [-0.4, -0.2) is 23.4 Å². The lowest BCUT2D eigenvalue weighted by Gasteiger charge is -2.31. The monoisotopic (exact) mass is 290 g/mol. The van der Waals surface area contributed by atoms with E-state index in [4.69, 9.17) is 9.15 Å². The van der Waals surface area contributed by atoms with Crippen LogP contribution in [0.25, 0.3) is 11.0 Å². The van der Waals surface area contributed by atoms with Gasteiger partial charge >= 0.3 is 0 Å². The van der Waals surface area contributed by atoms with E-state index in [1.807, 2.05) is 13.8 Å². The van der Waals surface area contributed by atoms with Crippen LogP contribution in [-0.2, 0) is 6.42 Å². The molecule has 0 aliphatic heterocycles. The Bertz CT molecular complexity index is 761. The maximum atomic E-state index is 12.7. The van der Waals surface area contributed by atoms with Gasteiger partial charge in [0.2, 0.25) is 0 Å². The third-order valence-electron chi connectivity index (χ3n) is 4.35. The highest BCUT2D eigenvalue weighted by atomic mass is 16.5. The van der Waals surface area contributed by atoms with Gasteiger partial charge in [-0.3, -0.25) is 4.79 Å². The van der Waals surface area contributed by atoms with Crippen molar-refractivity contribution in [2.75, 3.05) is 7.11 Å². The van der Waals surface area contributed by atoms with Crippen LogP contribution in [0, 0.1) is 5.92 Å².